The van der Waals surface area contributed by atoms with Crippen LogP contribution < -0.4 is 0 Å². The molecule has 1 saturated heterocycles. The van der Waals surface area contributed by atoms with Crippen molar-refractivity contribution in [1.82, 2.24) is 0 Å². The fourth-order valence-corrected chi connectivity index (χ4v) is 1.89. The predicted octanol–water partition coefficient (Wildman–Crippen LogP) is 2.22. The van der Waals surface area contributed by atoms with Gasteiger partial charge in [-0.15, -0.1) is 0 Å². The van der Waals surface area contributed by atoms with E-state index in [1.165, 1.54) is 0 Å². The van der Waals surface area contributed by atoms with Gasteiger partial charge in [-0.2, -0.15) is 0 Å². The van der Waals surface area contributed by atoms with E-state index in [1.807, 2.05) is 13.8 Å². The van der Waals surface area contributed by atoms with Gasteiger partial charge in [-0.25, -0.2) is 0 Å². The summed E-state index contributed by atoms with van der Waals surface area (Å²) in [5.41, 5.74) is 0. The van der Waals surface area contributed by atoms with Gasteiger partial charge in [0.2, 0.25) is 0 Å². The van der Waals surface area contributed by atoms with E-state index < -0.39 is 0 Å². The van der Waals surface area contributed by atoms with Gasteiger partial charge in [0.1, 0.15) is 6.61 Å². The zero-order chi connectivity index (χ0) is 14.1. The van der Waals surface area contributed by atoms with Crippen LogP contribution in [0.1, 0.15) is 52.4 Å². The Balaban J connectivity index is 1.96. The molecule has 1 rings (SSSR count). The number of carbonyl (C=O) groups is 2. The first-order valence-corrected chi connectivity index (χ1v) is 7.04. The number of esters is 2. The second-order valence-electron chi connectivity index (χ2n) is 5.06. The number of unbranched alkanes of at least 4 members (excludes halogenated alkanes) is 1. The number of ether oxygens (including phenoxy) is 3. The largest absolute Gasteiger partial charge is 0.463 e. The molecule has 0 aromatic rings. The maximum atomic E-state index is 11.4. The van der Waals surface area contributed by atoms with Crippen molar-refractivity contribution in [2.24, 2.45) is 0 Å². The summed E-state index contributed by atoms with van der Waals surface area (Å²) in [6.07, 6.45) is 4.01. The average Bonchev–Trinajstić information content (AvgIpc) is 2.84. The molecule has 1 unspecified atom stereocenters. The quantitative estimate of drug-likeness (QED) is 0.501. The van der Waals surface area contributed by atoms with Gasteiger partial charge in [0.15, 0.2) is 0 Å². The van der Waals surface area contributed by atoms with Crippen LogP contribution in [0.25, 0.3) is 0 Å². The molecule has 1 heterocycles. The first-order chi connectivity index (χ1) is 9.08. The van der Waals surface area contributed by atoms with Crippen molar-refractivity contribution in [1.29, 1.82) is 0 Å². The second-order valence-corrected chi connectivity index (χ2v) is 5.06. The maximum absolute atomic E-state index is 11.4. The summed E-state index contributed by atoms with van der Waals surface area (Å²) in [5, 5.41) is 0. The van der Waals surface area contributed by atoms with Gasteiger partial charge in [0, 0.05) is 19.4 Å². The summed E-state index contributed by atoms with van der Waals surface area (Å²) >= 11 is 0. The predicted molar refractivity (Wildman–Crippen MR) is 69.6 cm³/mol. The summed E-state index contributed by atoms with van der Waals surface area (Å²) in [4.78, 5) is 22.7. The van der Waals surface area contributed by atoms with Crippen molar-refractivity contribution >= 4 is 11.9 Å². The molecule has 1 fully saturated rings. The van der Waals surface area contributed by atoms with Gasteiger partial charge in [0.25, 0.3) is 0 Å². The van der Waals surface area contributed by atoms with Gasteiger partial charge < -0.3 is 14.2 Å². The van der Waals surface area contributed by atoms with Crippen LogP contribution in [0.2, 0.25) is 0 Å². The van der Waals surface area contributed by atoms with Gasteiger partial charge in [0.05, 0.1) is 12.2 Å². The van der Waals surface area contributed by atoms with E-state index in [9.17, 15) is 9.59 Å². The zero-order valence-electron chi connectivity index (χ0n) is 11.9. The molecule has 5 nitrogen and oxygen atoms in total. The molecular formula is C14H24O5. The Kier molecular flexibility index (Phi) is 7.48. The molecule has 0 N–H and O–H groups in total. The standard InChI is InChI=1S/C14H24O5/c1-11(2)19-14(16)8-4-3-7-13(15)18-10-12-6-5-9-17-12/h11-12H,3-10H2,1-2H3. The third-order valence-corrected chi connectivity index (χ3v) is 2.83. The highest BCUT2D eigenvalue weighted by molar-refractivity contribution is 5.70. The van der Waals surface area contributed by atoms with Crippen LogP contribution in [0, 0.1) is 0 Å². The van der Waals surface area contributed by atoms with E-state index in [1.54, 1.807) is 0 Å². The Morgan fingerprint density at radius 2 is 1.89 bits per heavy atom. The molecule has 110 valence electrons. The molecular weight excluding hydrogens is 248 g/mol. The molecule has 0 radical (unpaired) electrons. The average molecular weight is 272 g/mol. The highest BCUT2D eigenvalue weighted by Crippen LogP contribution is 2.12. The minimum absolute atomic E-state index is 0.0740. The van der Waals surface area contributed by atoms with Crippen LogP contribution in [0.5, 0.6) is 0 Å². The fourth-order valence-electron chi connectivity index (χ4n) is 1.89. The van der Waals surface area contributed by atoms with Crippen molar-refractivity contribution < 1.29 is 23.8 Å². The van der Waals surface area contributed by atoms with E-state index in [0.717, 1.165) is 19.4 Å². The fraction of sp³-hybridized carbons (Fsp3) is 0.857. The van der Waals surface area contributed by atoms with Gasteiger partial charge in [-0.1, -0.05) is 0 Å². The molecule has 19 heavy (non-hydrogen) atoms. The second kappa shape index (κ2) is 8.91. The van der Waals surface area contributed by atoms with Crippen molar-refractivity contribution in [3.63, 3.8) is 0 Å². The summed E-state index contributed by atoms with van der Waals surface area (Å²) < 4.78 is 15.5. The zero-order valence-corrected chi connectivity index (χ0v) is 11.9. The van der Waals surface area contributed by atoms with Crippen molar-refractivity contribution in [3.05, 3.63) is 0 Å². The van der Waals surface area contributed by atoms with E-state index in [2.05, 4.69) is 0 Å². The van der Waals surface area contributed by atoms with E-state index in [-0.39, 0.29) is 24.1 Å². The topological polar surface area (TPSA) is 61.8 Å². The minimum atomic E-state index is -0.215. The van der Waals surface area contributed by atoms with Crippen molar-refractivity contribution in [2.45, 2.75) is 64.6 Å². The number of hydrogen-bond donors (Lipinski definition) is 0. The molecule has 1 aliphatic rings. The Labute approximate surface area is 114 Å². The third kappa shape index (κ3) is 7.82. The van der Waals surface area contributed by atoms with Gasteiger partial charge in [-0.05, 0) is 39.5 Å². The normalized spacial score (nSPS) is 18.6. The lowest BCUT2D eigenvalue weighted by Gasteiger charge is -2.10. The monoisotopic (exact) mass is 272 g/mol. The number of hydrogen-bond acceptors (Lipinski definition) is 5. The Morgan fingerprint density at radius 3 is 2.47 bits per heavy atom. The summed E-state index contributed by atoms with van der Waals surface area (Å²) in [7, 11) is 0. The highest BCUT2D eigenvalue weighted by Gasteiger charge is 2.17. The Bertz CT molecular complexity index is 282. The van der Waals surface area contributed by atoms with Crippen LogP contribution in [0.15, 0.2) is 0 Å². The molecule has 0 spiro atoms. The van der Waals surface area contributed by atoms with Gasteiger partial charge >= 0.3 is 11.9 Å². The summed E-state index contributed by atoms with van der Waals surface area (Å²) in [5.74, 6) is -0.421. The highest BCUT2D eigenvalue weighted by atomic mass is 16.6. The molecule has 0 amide bonds. The molecule has 0 aromatic heterocycles. The lowest BCUT2D eigenvalue weighted by Crippen LogP contribution is -2.17. The maximum Gasteiger partial charge on any atom is 0.306 e. The smallest absolute Gasteiger partial charge is 0.306 e. The van der Waals surface area contributed by atoms with Crippen molar-refractivity contribution in [3.8, 4) is 0 Å². The lowest BCUT2D eigenvalue weighted by atomic mass is 10.2. The van der Waals surface area contributed by atoms with Crippen LogP contribution >= 0.6 is 0 Å². The number of rotatable bonds is 8. The van der Waals surface area contributed by atoms with E-state index >= 15 is 0 Å². The molecule has 1 atom stereocenters. The van der Waals surface area contributed by atoms with Gasteiger partial charge in [-0.3, -0.25) is 9.59 Å². The molecule has 5 heteroatoms. The molecule has 0 saturated carbocycles. The van der Waals surface area contributed by atoms with Crippen LogP contribution in [0.3, 0.4) is 0 Å². The van der Waals surface area contributed by atoms with Crippen molar-refractivity contribution in [2.75, 3.05) is 13.2 Å². The molecule has 0 aromatic carbocycles. The molecule has 0 bridgehead atoms. The molecule has 1 aliphatic heterocycles. The molecule has 0 aliphatic carbocycles. The van der Waals surface area contributed by atoms with Crippen LogP contribution in [-0.4, -0.2) is 37.4 Å². The third-order valence-electron chi connectivity index (χ3n) is 2.83. The first-order valence-electron chi connectivity index (χ1n) is 7.04. The number of carbonyl (C=O) groups excluding carboxylic acids is 2. The summed E-state index contributed by atoms with van der Waals surface area (Å²) in [6, 6.07) is 0. The van der Waals surface area contributed by atoms with Crippen LogP contribution in [0.4, 0.5) is 0 Å². The lowest BCUT2D eigenvalue weighted by molar-refractivity contribution is -0.149. The van der Waals surface area contributed by atoms with E-state index in [4.69, 9.17) is 14.2 Å². The van der Waals surface area contributed by atoms with E-state index in [0.29, 0.717) is 32.3 Å². The first kappa shape index (κ1) is 16.0. The summed E-state index contributed by atoms with van der Waals surface area (Å²) in [6.45, 7) is 4.76. The minimum Gasteiger partial charge on any atom is -0.463 e. The Hall–Kier alpha value is -1.10. The Morgan fingerprint density at radius 1 is 1.21 bits per heavy atom. The van der Waals surface area contributed by atoms with Crippen LogP contribution in [-0.2, 0) is 23.8 Å². The SMILES string of the molecule is CC(C)OC(=O)CCCCC(=O)OCC1CCCO1.